The van der Waals surface area contributed by atoms with Gasteiger partial charge in [-0.2, -0.15) is 0 Å². The number of hydrogen-bond acceptors (Lipinski definition) is 5. The molecular weight excluding hydrogens is 268 g/mol. The van der Waals surface area contributed by atoms with E-state index in [1.807, 2.05) is 7.05 Å². The summed E-state index contributed by atoms with van der Waals surface area (Å²) in [5.41, 5.74) is 0. The summed E-state index contributed by atoms with van der Waals surface area (Å²) in [5, 5.41) is 6.41. The fourth-order valence-electron chi connectivity index (χ4n) is 2.91. The molecule has 1 unspecified atom stereocenters. The van der Waals surface area contributed by atoms with Crippen molar-refractivity contribution in [3.8, 4) is 0 Å². The van der Waals surface area contributed by atoms with Crippen LogP contribution >= 0.6 is 11.3 Å². The lowest BCUT2D eigenvalue weighted by Crippen LogP contribution is -2.32. The molecule has 2 aromatic rings. The quantitative estimate of drug-likeness (QED) is 0.939. The standard InChI is InChI=1S/C15H22N4S/c1-11-6-4-3-5-8-19(11)10-13-17-14(16-2)12-7-9-20-15(12)18-13/h7,9,11H,3-6,8,10H2,1-2H3,(H,16,17,18). The normalized spacial score (nSPS) is 21.0. The third-order valence-electron chi connectivity index (χ3n) is 4.14. The van der Waals surface area contributed by atoms with Crippen LogP contribution in [0.2, 0.25) is 0 Å². The van der Waals surface area contributed by atoms with E-state index in [4.69, 9.17) is 9.97 Å². The lowest BCUT2D eigenvalue weighted by atomic mass is 10.1. The van der Waals surface area contributed by atoms with E-state index in [1.54, 1.807) is 11.3 Å². The van der Waals surface area contributed by atoms with Crippen molar-refractivity contribution in [1.29, 1.82) is 0 Å². The van der Waals surface area contributed by atoms with Gasteiger partial charge in [-0.05, 0) is 37.8 Å². The van der Waals surface area contributed by atoms with Gasteiger partial charge >= 0.3 is 0 Å². The van der Waals surface area contributed by atoms with Crippen LogP contribution in [0.25, 0.3) is 10.2 Å². The summed E-state index contributed by atoms with van der Waals surface area (Å²) in [7, 11) is 1.93. The Labute approximate surface area is 124 Å². The number of thiophene rings is 1. The molecule has 1 atom stereocenters. The second-order valence-corrected chi connectivity index (χ2v) is 6.44. The maximum atomic E-state index is 4.73. The molecule has 5 heteroatoms. The highest BCUT2D eigenvalue weighted by Gasteiger charge is 2.19. The molecule has 2 aromatic heterocycles. The zero-order valence-corrected chi connectivity index (χ0v) is 13.0. The van der Waals surface area contributed by atoms with Crippen LogP contribution in [-0.4, -0.2) is 34.5 Å². The number of aromatic nitrogens is 2. The fourth-order valence-corrected chi connectivity index (χ4v) is 3.69. The van der Waals surface area contributed by atoms with Crippen LogP contribution in [0, 0.1) is 0 Å². The highest BCUT2D eigenvalue weighted by Crippen LogP contribution is 2.26. The average molecular weight is 290 g/mol. The predicted molar refractivity (Wildman–Crippen MR) is 85.3 cm³/mol. The number of hydrogen-bond donors (Lipinski definition) is 1. The summed E-state index contributed by atoms with van der Waals surface area (Å²) in [6.07, 6.45) is 5.29. The van der Waals surface area contributed by atoms with Gasteiger partial charge in [-0.1, -0.05) is 12.8 Å². The number of anilines is 1. The van der Waals surface area contributed by atoms with Crippen LogP contribution in [0.4, 0.5) is 5.82 Å². The zero-order valence-electron chi connectivity index (χ0n) is 12.2. The van der Waals surface area contributed by atoms with Crippen molar-refractivity contribution < 1.29 is 0 Å². The fraction of sp³-hybridized carbons (Fsp3) is 0.600. The summed E-state index contributed by atoms with van der Waals surface area (Å²) in [6.45, 7) is 4.36. The first-order chi connectivity index (χ1) is 9.78. The molecule has 0 amide bonds. The van der Waals surface area contributed by atoms with Crippen molar-refractivity contribution in [2.75, 3.05) is 18.9 Å². The molecule has 108 valence electrons. The summed E-state index contributed by atoms with van der Waals surface area (Å²) >= 11 is 1.69. The summed E-state index contributed by atoms with van der Waals surface area (Å²) in [4.78, 5) is 13.0. The molecule has 0 aliphatic carbocycles. The smallest absolute Gasteiger partial charge is 0.146 e. The van der Waals surface area contributed by atoms with Gasteiger partial charge in [0.05, 0.1) is 11.9 Å². The van der Waals surface area contributed by atoms with Crippen molar-refractivity contribution in [2.24, 2.45) is 0 Å². The van der Waals surface area contributed by atoms with Gasteiger partial charge in [-0.25, -0.2) is 9.97 Å². The van der Waals surface area contributed by atoms with Crippen molar-refractivity contribution in [2.45, 2.75) is 45.2 Å². The van der Waals surface area contributed by atoms with E-state index in [2.05, 4.69) is 28.6 Å². The Hall–Kier alpha value is -1.20. The first kappa shape index (κ1) is 13.8. The number of nitrogens with zero attached hydrogens (tertiary/aromatic N) is 3. The van der Waals surface area contributed by atoms with Crippen LogP contribution in [0.3, 0.4) is 0 Å². The van der Waals surface area contributed by atoms with Gasteiger partial charge in [-0.3, -0.25) is 4.90 Å². The molecule has 0 saturated carbocycles. The van der Waals surface area contributed by atoms with E-state index in [9.17, 15) is 0 Å². The average Bonchev–Trinajstić information content (AvgIpc) is 2.84. The minimum absolute atomic E-state index is 0.637. The van der Waals surface area contributed by atoms with Crippen LogP contribution < -0.4 is 5.32 Å². The Kier molecular flexibility index (Phi) is 4.17. The number of nitrogens with one attached hydrogen (secondary N) is 1. The molecule has 0 spiro atoms. The van der Waals surface area contributed by atoms with Crippen molar-refractivity contribution in [1.82, 2.24) is 14.9 Å². The van der Waals surface area contributed by atoms with E-state index in [0.29, 0.717) is 6.04 Å². The zero-order chi connectivity index (χ0) is 13.9. The minimum atomic E-state index is 0.637. The molecule has 3 heterocycles. The summed E-state index contributed by atoms with van der Waals surface area (Å²) in [5.74, 6) is 1.90. The molecule has 0 bridgehead atoms. The van der Waals surface area contributed by atoms with Crippen molar-refractivity contribution in [3.05, 3.63) is 17.3 Å². The highest BCUT2D eigenvalue weighted by atomic mass is 32.1. The monoisotopic (exact) mass is 290 g/mol. The molecule has 0 radical (unpaired) electrons. The Bertz CT molecular complexity index is 580. The highest BCUT2D eigenvalue weighted by molar-refractivity contribution is 7.16. The predicted octanol–water partition coefficient (Wildman–Crippen LogP) is 3.50. The van der Waals surface area contributed by atoms with E-state index in [0.717, 1.165) is 28.4 Å². The Morgan fingerprint density at radius 3 is 3.10 bits per heavy atom. The second-order valence-electron chi connectivity index (χ2n) is 5.55. The lowest BCUT2D eigenvalue weighted by Gasteiger charge is -2.26. The third-order valence-corrected chi connectivity index (χ3v) is 4.95. The molecule has 4 nitrogen and oxygen atoms in total. The Morgan fingerprint density at radius 1 is 1.35 bits per heavy atom. The Morgan fingerprint density at radius 2 is 2.25 bits per heavy atom. The number of fused-ring (bicyclic) bond motifs is 1. The maximum Gasteiger partial charge on any atom is 0.146 e. The second kappa shape index (κ2) is 6.06. The van der Waals surface area contributed by atoms with E-state index in [-0.39, 0.29) is 0 Å². The number of likely N-dealkylation sites (tertiary alicyclic amines) is 1. The third kappa shape index (κ3) is 2.79. The number of rotatable bonds is 3. The first-order valence-corrected chi connectivity index (χ1v) is 8.32. The van der Waals surface area contributed by atoms with Gasteiger partial charge in [-0.15, -0.1) is 11.3 Å². The van der Waals surface area contributed by atoms with Gasteiger partial charge in [0.1, 0.15) is 16.5 Å². The van der Waals surface area contributed by atoms with Crippen LogP contribution in [0.5, 0.6) is 0 Å². The molecule has 0 aromatic carbocycles. The van der Waals surface area contributed by atoms with Crippen LogP contribution in [0.1, 0.15) is 38.4 Å². The SMILES string of the molecule is CNc1nc(CN2CCCCCC2C)nc2sccc12. The molecule has 1 fully saturated rings. The largest absolute Gasteiger partial charge is 0.372 e. The molecule has 20 heavy (non-hydrogen) atoms. The topological polar surface area (TPSA) is 41.1 Å². The van der Waals surface area contributed by atoms with Gasteiger partial charge < -0.3 is 5.32 Å². The van der Waals surface area contributed by atoms with E-state index < -0.39 is 0 Å². The van der Waals surface area contributed by atoms with Crippen LogP contribution in [0.15, 0.2) is 11.4 Å². The molecule has 1 saturated heterocycles. The van der Waals surface area contributed by atoms with Crippen molar-refractivity contribution >= 4 is 27.4 Å². The van der Waals surface area contributed by atoms with Gasteiger partial charge in [0.25, 0.3) is 0 Å². The lowest BCUT2D eigenvalue weighted by molar-refractivity contribution is 0.200. The molecule has 1 N–H and O–H groups in total. The maximum absolute atomic E-state index is 4.73. The van der Waals surface area contributed by atoms with E-state index >= 15 is 0 Å². The van der Waals surface area contributed by atoms with Crippen LogP contribution in [-0.2, 0) is 6.54 Å². The molecule has 3 rings (SSSR count). The van der Waals surface area contributed by atoms with Crippen molar-refractivity contribution in [3.63, 3.8) is 0 Å². The molecule has 1 aliphatic rings. The molecular formula is C15H22N4S. The molecule has 1 aliphatic heterocycles. The van der Waals surface area contributed by atoms with Gasteiger partial charge in [0.15, 0.2) is 0 Å². The van der Waals surface area contributed by atoms with Gasteiger partial charge in [0.2, 0.25) is 0 Å². The Balaban J connectivity index is 1.85. The first-order valence-electron chi connectivity index (χ1n) is 7.44. The van der Waals surface area contributed by atoms with E-state index in [1.165, 1.54) is 32.2 Å². The minimum Gasteiger partial charge on any atom is -0.372 e. The van der Waals surface area contributed by atoms with Gasteiger partial charge in [0, 0.05) is 13.1 Å². The summed E-state index contributed by atoms with van der Waals surface area (Å²) < 4.78 is 0. The summed E-state index contributed by atoms with van der Waals surface area (Å²) in [6, 6.07) is 2.72.